The van der Waals surface area contributed by atoms with Crippen molar-refractivity contribution in [1.82, 2.24) is 4.98 Å². The lowest BCUT2D eigenvalue weighted by Gasteiger charge is -2.07. The first kappa shape index (κ1) is 15.8. The summed E-state index contributed by atoms with van der Waals surface area (Å²) < 4.78 is 36.7. The molecule has 3 aromatic rings. The molecule has 2 aromatic heterocycles. The number of thiophene rings is 1. The van der Waals surface area contributed by atoms with Gasteiger partial charge in [0.1, 0.15) is 10.7 Å². The topological polar surface area (TPSA) is 73.1 Å². The summed E-state index contributed by atoms with van der Waals surface area (Å²) >= 11 is 1.47. The number of aromatic nitrogens is 1. The Morgan fingerprint density at radius 2 is 1.87 bits per heavy atom. The second-order valence-electron chi connectivity index (χ2n) is 5.05. The summed E-state index contributed by atoms with van der Waals surface area (Å²) in [4.78, 5) is 3.97. The standard InChI is InChI=1S/C16H13FN2O2S2/c1-10-3-2-4-15(19-10)13-9-22-8-12(13)11-5-6-16(14(17)7-11)23(18,20)21/h2-9H,1H3,(H2,18,20,21). The second kappa shape index (κ2) is 5.84. The van der Waals surface area contributed by atoms with Crippen LogP contribution in [-0.4, -0.2) is 13.4 Å². The van der Waals surface area contributed by atoms with Crippen molar-refractivity contribution < 1.29 is 12.8 Å². The average molecular weight is 348 g/mol. The lowest BCUT2D eigenvalue weighted by Crippen LogP contribution is -2.13. The molecule has 0 saturated carbocycles. The highest BCUT2D eigenvalue weighted by Crippen LogP contribution is 2.35. The zero-order valence-electron chi connectivity index (χ0n) is 12.2. The van der Waals surface area contributed by atoms with Crippen molar-refractivity contribution >= 4 is 21.4 Å². The maximum absolute atomic E-state index is 14.1. The number of hydrogen-bond acceptors (Lipinski definition) is 4. The van der Waals surface area contributed by atoms with E-state index in [2.05, 4.69) is 4.98 Å². The molecule has 0 fully saturated rings. The third-order valence-corrected chi connectivity index (χ3v) is 5.06. The van der Waals surface area contributed by atoms with Gasteiger partial charge in [-0.1, -0.05) is 12.1 Å². The third kappa shape index (κ3) is 3.17. The van der Waals surface area contributed by atoms with Crippen LogP contribution in [0.2, 0.25) is 0 Å². The van der Waals surface area contributed by atoms with Gasteiger partial charge < -0.3 is 0 Å². The van der Waals surface area contributed by atoms with Gasteiger partial charge in [0.25, 0.3) is 0 Å². The van der Waals surface area contributed by atoms with Crippen LogP contribution in [0.1, 0.15) is 5.69 Å². The average Bonchev–Trinajstić information content (AvgIpc) is 2.95. The highest BCUT2D eigenvalue weighted by atomic mass is 32.2. The lowest BCUT2D eigenvalue weighted by molar-refractivity contribution is 0.568. The zero-order valence-corrected chi connectivity index (χ0v) is 13.8. The fourth-order valence-corrected chi connectivity index (χ4v) is 3.75. The van der Waals surface area contributed by atoms with Crippen LogP contribution in [0.25, 0.3) is 22.4 Å². The molecule has 0 aliphatic heterocycles. The maximum Gasteiger partial charge on any atom is 0.240 e. The molecule has 2 heterocycles. The molecular formula is C16H13FN2O2S2. The number of halogens is 1. The maximum atomic E-state index is 14.1. The quantitative estimate of drug-likeness (QED) is 0.786. The smallest absolute Gasteiger partial charge is 0.240 e. The number of nitrogens with two attached hydrogens (primary N) is 1. The number of hydrogen-bond donors (Lipinski definition) is 1. The van der Waals surface area contributed by atoms with Crippen LogP contribution in [0.5, 0.6) is 0 Å². The minimum Gasteiger partial charge on any atom is -0.253 e. The molecule has 0 amide bonds. The van der Waals surface area contributed by atoms with Crippen LogP contribution in [-0.2, 0) is 10.0 Å². The number of nitrogens with zero attached hydrogens (tertiary/aromatic N) is 1. The van der Waals surface area contributed by atoms with Gasteiger partial charge in [-0.15, -0.1) is 0 Å². The van der Waals surface area contributed by atoms with Gasteiger partial charge in [0, 0.05) is 22.2 Å². The van der Waals surface area contributed by atoms with Crippen LogP contribution in [0.15, 0.2) is 52.1 Å². The van der Waals surface area contributed by atoms with Gasteiger partial charge in [-0.3, -0.25) is 4.98 Å². The highest BCUT2D eigenvalue weighted by molar-refractivity contribution is 7.89. The van der Waals surface area contributed by atoms with E-state index in [4.69, 9.17) is 5.14 Å². The Morgan fingerprint density at radius 3 is 2.52 bits per heavy atom. The fraction of sp³-hybridized carbons (Fsp3) is 0.0625. The van der Waals surface area contributed by atoms with E-state index in [1.54, 1.807) is 6.07 Å². The first-order valence-corrected chi connectivity index (χ1v) is 9.18. The number of pyridine rings is 1. The predicted molar refractivity (Wildman–Crippen MR) is 89.1 cm³/mol. The molecule has 4 nitrogen and oxygen atoms in total. The van der Waals surface area contributed by atoms with Gasteiger partial charge in [0.05, 0.1) is 5.69 Å². The predicted octanol–water partition coefficient (Wildman–Crippen LogP) is 3.57. The Balaban J connectivity index is 2.11. The molecule has 7 heteroatoms. The molecule has 2 N–H and O–H groups in total. The Labute approximate surface area is 137 Å². The van der Waals surface area contributed by atoms with Gasteiger partial charge in [-0.2, -0.15) is 11.3 Å². The molecule has 0 saturated heterocycles. The molecule has 0 unspecified atom stereocenters. The van der Waals surface area contributed by atoms with Gasteiger partial charge in [-0.05, 0) is 42.1 Å². The van der Waals surface area contributed by atoms with Gasteiger partial charge in [0.15, 0.2) is 0 Å². The Bertz CT molecular complexity index is 981. The van der Waals surface area contributed by atoms with Gasteiger partial charge in [-0.25, -0.2) is 17.9 Å². The number of aryl methyl sites for hydroxylation is 1. The number of benzene rings is 1. The van der Waals surface area contributed by atoms with Crippen LogP contribution in [0, 0.1) is 12.7 Å². The van der Waals surface area contributed by atoms with Gasteiger partial charge in [0.2, 0.25) is 10.0 Å². The largest absolute Gasteiger partial charge is 0.253 e. The van der Waals surface area contributed by atoms with Crippen molar-refractivity contribution in [2.45, 2.75) is 11.8 Å². The molecule has 0 aliphatic carbocycles. The molecule has 0 bridgehead atoms. The van der Waals surface area contributed by atoms with Crippen LogP contribution >= 0.6 is 11.3 Å². The molecule has 0 spiro atoms. The van der Waals surface area contributed by atoms with Gasteiger partial charge >= 0.3 is 0 Å². The molecular weight excluding hydrogens is 335 g/mol. The Kier molecular flexibility index (Phi) is 4.01. The fourth-order valence-electron chi connectivity index (χ4n) is 2.31. The van der Waals surface area contributed by atoms with Crippen molar-refractivity contribution in [2.75, 3.05) is 0 Å². The Morgan fingerprint density at radius 1 is 1.13 bits per heavy atom. The minimum absolute atomic E-state index is 0.508. The normalized spacial score (nSPS) is 11.6. The van der Waals surface area contributed by atoms with Crippen LogP contribution < -0.4 is 5.14 Å². The van der Waals surface area contributed by atoms with Crippen LogP contribution in [0.4, 0.5) is 4.39 Å². The SMILES string of the molecule is Cc1cccc(-c2cscc2-c2ccc(S(N)(=O)=O)c(F)c2)n1. The van der Waals surface area contributed by atoms with E-state index < -0.39 is 20.7 Å². The summed E-state index contributed by atoms with van der Waals surface area (Å²) in [5.74, 6) is -0.862. The minimum atomic E-state index is -4.07. The second-order valence-corrected chi connectivity index (χ2v) is 7.33. The lowest BCUT2D eigenvalue weighted by atomic mass is 10.0. The summed E-state index contributed by atoms with van der Waals surface area (Å²) in [5, 5.41) is 8.80. The molecule has 23 heavy (non-hydrogen) atoms. The Hall–Kier alpha value is -2.09. The van der Waals surface area contributed by atoms with Crippen molar-refractivity contribution in [3.63, 3.8) is 0 Å². The highest BCUT2D eigenvalue weighted by Gasteiger charge is 2.17. The van der Waals surface area contributed by atoms with E-state index in [1.807, 2.05) is 35.9 Å². The van der Waals surface area contributed by atoms with E-state index in [0.717, 1.165) is 22.5 Å². The first-order chi connectivity index (χ1) is 10.9. The monoisotopic (exact) mass is 348 g/mol. The summed E-state index contributed by atoms with van der Waals surface area (Å²) in [6, 6.07) is 9.60. The number of sulfonamides is 1. The first-order valence-electron chi connectivity index (χ1n) is 6.69. The van der Waals surface area contributed by atoms with Crippen molar-refractivity contribution in [1.29, 1.82) is 0 Å². The van der Waals surface area contributed by atoms with Crippen molar-refractivity contribution in [2.24, 2.45) is 5.14 Å². The molecule has 3 rings (SSSR count). The van der Waals surface area contributed by atoms with Crippen molar-refractivity contribution in [3.8, 4) is 22.4 Å². The van der Waals surface area contributed by atoms with E-state index >= 15 is 0 Å². The van der Waals surface area contributed by atoms with E-state index in [0.29, 0.717) is 5.56 Å². The molecule has 0 atom stereocenters. The van der Waals surface area contributed by atoms with E-state index in [-0.39, 0.29) is 0 Å². The summed E-state index contributed by atoms with van der Waals surface area (Å²) in [6.07, 6.45) is 0. The van der Waals surface area contributed by atoms with E-state index in [1.165, 1.54) is 23.5 Å². The molecule has 1 aromatic carbocycles. The summed E-state index contributed by atoms with van der Waals surface area (Å²) in [7, 11) is -4.07. The summed E-state index contributed by atoms with van der Waals surface area (Å²) in [5.41, 5.74) is 3.93. The third-order valence-electron chi connectivity index (χ3n) is 3.38. The van der Waals surface area contributed by atoms with E-state index in [9.17, 15) is 12.8 Å². The number of primary sulfonamides is 1. The molecule has 118 valence electrons. The van der Waals surface area contributed by atoms with Crippen LogP contribution in [0.3, 0.4) is 0 Å². The van der Waals surface area contributed by atoms with Crippen molar-refractivity contribution in [3.05, 3.63) is 58.7 Å². The zero-order chi connectivity index (χ0) is 16.6. The summed E-state index contributed by atoms with van der Waals surface area (Å²) in [6.45, 7) is 1.90. The molecule has 0 radical (unpaired) electrons. The number of rotatable bonds is 3. The molecule has 0 aliphatic rings.